The summed E-state index contributed by atoms with van der Waals surface area (Å²) in [5.41, 5.74) is 1.88. The molecule has 0 radical (unpaired) electrons. The first-order chi connectivity index (χ1) is 10.7. The summed E-state index contributed by atoms with van der Waals surface area (Å²) in [6, 6.07) is 0. The third-order valence-corrected chi connectivity index (χ3v) is 4.05. The zero-order chi connectivity index (χ0) is 15.5. The third-order valence-electron chi connectivity index (χ3n) is 3.28. The van der Waals surface area contributed by atoms with Crippen molar-refractivity contribution in [3.8, 4) is 0 Å². The molecule has 0 atom stereocenters. The van der Waals surface area contributed by atoms with Crippen LogP contribution in [0.3, 0.4) is 0 Å². The minimum absolute atomic E-state index is 0.493. The van der Waals surface area contributed by atoms with Crippen LogP contribution in [0.2, 0.25) is 0 Å². The second-order valence-corrected chi connectivity index (χ2v) is 5.73. The molecule has 7 nitrogen and oxygen atoms in total. The first-order valence-electron chi connectivity index (χ1n) is 6.94. The van der Waals surface area contributed by atoms with Crippen LogP contribution < -0.4 is 10.6 Å². The normalized spacial score (nSPS) is 12.0. The Balaban J connectivity index is 1.54. The van der Waals surface area contributed by atoms with Gasteiger partial charge in [0.05, 0.1) is 24.5 Å². The van der Waals surface area contributed by atoms with Crippen molar-refractivity contribution in [3.05, 3.63) is 40.8 Å². The number of thiazole rings is 1. The van der Waals surface area contributed by atoms with E-state index in [2.05, 4.69) is 25.6 Å². The Kier molecular flexibility index (Phi) is 4.10. The van der Waals surface area contributed by atoms with Gasteiger partial charge in [0.25, 0.3) is 0 Å². The van der Waals surface area contributed by atoms with Gasteiger partial charge < -0.3 is 15.1 Å². The summed E-state index contributed by atoms with van der Waals surface area (Å²) >= 11 is 1.62. The number of oxazole rings is 1. The number of aliphatic imine (C=N–C) groups is 1. The van der Waals surface area contributed by atoms with Crippen molar-refractivity contribution >= 4 is 22.3 Å². The highest BCUT2D eigenvalue weighted by Gasteiger charge is 2.07. The summed E-state index contributed by atoms with van der Waals surface area (Å²) in [6.45, 7) is 4.94. The number of nitrogens with zero attached hydrogens (tertiary/aromatic N) is 4. The molecule has 3 aromatic heterocycles. The Labute approximate surface area is 132 Å². The van der Waals surface area contributed by atoms with Crippen LogP contribution in [0.5, 0.6) is 0 Å². The monoisotopic (exact) mass is 318 g/mol. The topological polar surface area (TPSA) is 79.8 Å². The Bertz CT molecular complexity index is 751. The maximum Gasteiger partial charge on any atom is 0.214 e. The molecule has 3 aromatic rings. The molecule has 22 heavy (non-hydrogen) atoms. The van der Waals surface area contributed by atoms with Crippen molar-refractivity contribution in [3.63, 3.8) is 0 Å². The molecule has 0 spiro atoms. The highest BCUT2D eigenvalue weighted by Crippen LogP contribution is 2.11. The lowest BCUT2D eigenvalue weighted by molar-refractivity contribution is 0.463. The second-order valence-electron chi connectivity index (χ2n) is 4.85. The summed E-state index contributed by atoms with van der Waals surface area (Å²) in [7, 11) is 1.73. The van der Waals surface area contributed by atoms with E-state index >= 15 is 0 Å². The predicted molar refractivity (Wildman–Crippen MR) is 86.1 cm³/mol. The van der Waals surface area contributed by atoms with Crippen molar-refractivity contribution in [2.24, 2.45) is 4.99 Å². The molecule has 0 amide bonds. The van der Waals surface area contributed by atoms with Gasteiger partial charge in [-0.15, -0.1) is 11.3 Å². The lowest BCUT2D eigenvalue weighted by Crippen LogP contribution is -2.36. The van der Waals surface area contributed by atoms with Gasteiger partial charge in [0.15, 0.2) is 10.9 Å². The molecule has 116 valence electrons. The zero-order valence-corrected chi connectivity index (χ0v) is 13.6. The number of hydrogen-bond donors (Lipinski definition) is 2. The number of aromatic nitrogens is 3. The van der Waals surface area contributed by atoms with E-state index in [0.29, 0.717) is 24.9 Å². The van der Waals surface area contributed by atoms with Gasteiger partial charge in [-0.1, -0.05) is 0 Å². The van der Waals surface area contributed by atoms with E-state index < -0.39 is 0 Å². The van der Waals surface area contributed by atoms with Crippen molar-refractivity contribution < 1.29 is 4.42 Å². The van der Waals surface area contributed by atoms with Gasteiger partial charge in [-0.2, -0.15) is 0 Å². The molecule has 2 N–H and O–H groups in total. The SMILES string of the molecule is CN=C(NCc1cn2ccsc2n1)NCc1nc(C)c(C)o1. The van der Waals surface area contributed by atoms with E-state index in [1.54, 1.807) is 18.4 Å². The standard InChI is InChI=1S/C14H18N6OS/c1-9-10(2)21-12(18-9)7-17-13(15-3)16-6-11-8-20-4-5-22-14(20)19-11/h4-5,8H,6-7H2,1-3H3,(H2,15,16,17). The van der Waals surface area contributed by atoms with Crippen LogP contribution in [-0.2, 0) is 13.1 Å². The molecule has 3 heterocycles. The maximum atomic E-state index is 5.53. The number of fused-ring (bicyclic) bond motifs is 1. The van der Waals surface area contributed by atoms with Crippen molar-refractivity contribution in [1.29, 1.82) is 0 Å². The Morgan fingerprint density at radius 1 is 1.32 bits per heavy atom. The highest BCUT2D eigenvalue weighted by atomic mass is 32.1. The molecule has 0 aliphatic rings. The minimum Gasteiger partial charge on any atom is -0.444 e. The first kappa shape index (κ1) is 14.6. The highest BCUT2D eigenvalue weighted by molar-refractivity contribution is 7.15. The fraction of sp³-hybridized carbons (Fsp3) is 0.357. The van der Waals surface area contributed by atoms with E-state index in [9.17, 15) is 0 Å². The van der Waals surface area contributed by atoms with Crippen molar-refractivity contribution in [1.82, 2.24) is 25.0 Å². The summed E-state index contributed by atoms with van der Waals surface area (Å²) in [5.74, 6) is 2.18. The molecule has 8 heteroatoms. The van der Waals surface area contributed by atoms with Crippen LogP contribution in [0.15, 0.2) is 27.2 Å². The first-order valence-corrected chi connectivity index (χ1v) is 7.82. The zero-order valence-electron chi connectivity index (χ0n) is 12.8. The molecule has 0 bridgehead atoms. The van der Waals surface area contributed by atoms with Crippen LogP contribution in [0.1, 0.15) is 23.0 Å². The molecule has 3 rings (SSSR count). The molecule has 0 saturated heterocycles. The van der Waals surface area contributed by atoms with Crippen LogP contribution in [0.4, 0.5) is 0 Å². The molecule has 0 aromatic carbocycles. The lowest BCUT2D eigenvalue weighted by Gasteiger charge is -2.09. The van der Waals surface area contributed by atoms with Crippen LogP contribution in [0.25, 0.3) is 4.96 Å². The van der Waals surface area contributed by atoms with E-state index in [1.165, 1.54) is 0 Å². The third kappa shape index (κ3) is 3.11. The van der Waals surface area contributed by atoms with E-state index in [4.69, 9.17) is 4.42 Å². The van der Waals surface area contributed by atoms with E-state index in [0.717, 1.165) is 22.1 Å². The number of nitrogens with one attached hydrogen (secondary N) is 2. The molecular formula is C14H18N6OS. The van der Waals surface area contributed by atoms with Gasteiger partial charge in [-0.05, 0) is 13.8 Å². The van der Waals surface area contributed by atoms with E-state index in [1.807, 2.05) is 36.0 Å². The predicted octanol–water partition coefficient (Wildman–Crippen LogP) is 1.87. The number of guanidine groups is 1. The molecule has 0 aliphatic carbocycles. The number of rotatable bonds is 4. The van der Waals surface area contributed by atoms with Crippen molar-refractivity contribution in [2.75, 3.05) is 7.05 Å². The fourth-order valence-corrected chi connectivity index (χ4v) is 2.75. The summed E-state index contributed by atoms with van der Waals surface area (Å²) in [6.07, 6.45) is 4.00. The molecule has 0 fully saturated rings. The van der Waals surface area contributed by atoms with Gasteiger partial charge in [-0.25, -0.2) is 9.97 Å². The van der Waals surface area contributed by atoms with Gasteiger partial charge in [0, 0.05) is 24.8 Å². The summed E-state index contributed by atoms with van der Waals surface area (Å²) < 4.78 is 7.54. The van der Waals surface area contributed by atoms with Gasteiger partial charge in [0.2, 0.25) is 5.89 Å². The number of imidazole rings is 1. The molecular weight excluding hydrogens is 300 g/mol. The Morgan fingerprint density at radius 3 is 2.82 bits per heavy atom. The molecule has 0 unspecified atom stereocenters. The number of aryl methyl sites for hydroxylation is 2. The van der Waals surface area contributed by atoms with Crippen LogP contribution in [0, 0.1) is 13.8 Å². The smallest absolute Gasteiger partial charge is 0.214 e. The Morgan fingerprint density at radius 2 is 2.14 bits per heavy atom. The van der Waals surface area contributed by atoms with Gasteiger partial charge >= 0.3 is 0 Å². The molecule has 0 saturated carbocycles. The average Bonchev–Trinajstić information content (AvgIpc) is 3.15. The summed E-state index contributed by atoms with van der Waals surface area (Å²) in [5, 5.41) is 8.42. The van der Waals surface area contributed by atoms with Crippen LogP contribution in [-0.4, -0.2) is 27.4 Å². The Hall–Kier alpha value is -2.35. The maximum absolute atomic E-state index is 5.53. The van der Waals surface area contributed by atoms with E-state index in [-0.39, 0.29) is 0 Å². The van der Waals surface area contributed by atoms with Gasteiger partial charge in [-0.3, -0.25) is 9.39 Å². The van der Waals surface area contributed by atoms with Gasteiger partial charge in [0.1, 0.15) is 5.76 Å². The average molecular weight is 318 g/mol. The minimum atomic E-state index is 0.493. The quantitative estimate of drug-likeness (QED) is 0.567. The number of hydrogen-bond acceptors (Lipinski definition) is 5. The lowest BCUT2D eigenvalue weighted by atomic mass is 10.4. The fourth-order valence-electron chi connectivity index (χ4n) is 2.03. The molecule has 0 aliphatic heterocycles. The second kappa shape index (κ2) is 6.18. The van der Waals surface area contributed by atoms with Crippen molar-refractivity contribution in [2.45, 2.75) is 26.9 Å². The summed E-state index contributed by atoms with van der Waals surface area (Å²) in [4.78, 5) is 14.0. The van der Waals surface area contributed by atoms with Crippen LogP contribution >= 0.6 is 11.3 Å². The largest absolute Gasteiger partial charge is 0.444 e.